The normalized spacial score (nSPS) is 18.9. The summed E-state index contributed by atoms with van der Waals surface area (Å²) in [6.07, 6.45) is 3.33. The molecule has 1 fully saturated rings. The van der Waals surface area contributed by atoms with Crippen LogP contribution in [0.1, 0.15) is 18.4 Å². The first kappa shape index (κ1) is 19.8. The molecule has 0 spiro atoms. The van der Waals surface area contributed by atoms with Crippen molar-refractivity contribution in [2.75, 3.05) is 38.7 Å². The number of pyridine rings is 1. The standard InChI is InChI=1S/C20H27N3O3S/c1-22(2)11-5-12-23(18-9-13-27(25,26)15-18)19(24)14-17-7-3-6-16-8-4-10-21-20(16)17/h3-4,6-8,10,18H,5,9,11-15H2,1-2H3. The van der Waals surface area contributed by atoms with E-state index in [2.05, 4.69) is 9.88 Å². The lowest BCUT2D eigenvalue weighted by molar-refractivity contribution is -0.132. The minimum Gasteiger partial charge on any atom is -0.338 e. The summed E-state index contributed by atoms with van der Waals surface area (Å²) in [5, 5.41) is 1.01. The van der Waals surface area contributed by atoms with Crippen molar-refractivity contribution in [1.82, 2.24) is 14.8 Å². The summed E-state index contributed by atoms with van der Waals surface area (Å²) in [6, 6.07) is 9.49. The highest BCUT2D eigenvalue weighted by atomic mass is 32.2. The van der Waals surface area contributed by atoms with Gasteiger partial charge in [-0.25, -0.2) is 8.42 Å². The van der Waals surface area contributed by atoms with Crippen LogP contribution in [0.3, 0.4) is 0 Å². The van der Waals surface area contributed by atoms with Crippen molar-refractivity contribution in [3.8, 4) is 0 Å². The van der Waals surface area contributed by atoms with Crippen LogP contribution in [0, 0.1) is 0 Å². The molecule has 0 bridgehead atoms. The molecule has 2 aromatic rings. The number of nitrogens with zero attached hydrogens (tertiary/aromatic N) is 3. The number of para-hydroxylation sites is 1. The Balaban J connectivity index is 1.79. The third-order valence-corrected chi connectivity index (χ3v) is 6.78. The first-order valence-corrected chi connectivity index (χ1v) is 11.1. The zero-order chi connectivity index (χ0) is 19.4. The maximum atomic E-state index is 13.1. The summed E-state index contributed by atoms with van der Waals surface area (Å²) in [7, 11) is 0.948. The second kappa shape index (κ2) is 8.35. The van der Waals surface area contributed by atoms with Crippen LogP contribution in [0.2, 0.25) is 0 Å². The lowest BCUT2D eigenvalue weighted by Crippen LogP contribution is -2.43. The van der Waals surface area contributed by atoms with Gasteiger partial charge in [0.05, 0.1) is 23.4 Å². The fourth-order valence-corrected chi connectivity index (χ4v) is 5.39. The van der Waals surface area contributed by atoms with Gasteiger partial charge in [-0.2, -0.15) is 0 Å². The van der Waals surface area contributed by atoms with Crippen LogP contribution in [-0.2, 0) is 21.1 Å². The summed E-state index contributed by atoms with van der Waals surface area (Å²) < 4.78 is 23.9. The van der Waals surface area contributed by atoms with Crippen molar-refractivity contribution in [3.63, 3.8) is 0 Å². The molecular formula is C20H27N3O3S. The van der Waals surface area contributed by atoms with Crippen molar-refractivity contribution in [2.24, 2.45) is 0 Å². The minimum absolute atomic E-state index is 0.0194. The fraction of sp³-hybridized carbons (Fsp3) is 0.500. The quantitative estimate of drug-likeness (QED) is 0.721. The van der Waals surface area contributed by atoms with Gasteiger partial charge in [0.2, 0.25) is 5.91 Å². The van der Waals surface area contributed by atoms with E-state index in [0.717, 1.165) is 29.4 Å². The summed E-state index contributed by atoms with van der Waals surface area (Å²) in [5.74, 6) is 0.230. The average molecular weight is 390 g/mol. The van der Waals surface area contributed by atoms with E-state index < -0.39 is 9.84 Å². The van der Waals surface area contributed by atoms with Crippen LogP contribution in [0.25, 0.3) is 10.9 Å². The van der Waals surface area contributed by atoms with E-state index in [4.69, 9.17) is 0 Å². The van der Waals surface area contributed by atoms with Gasteiger partial charge < -0.3 is 9.80 Å². The second-order valence-electron chi connectivity index (χ2n) is 7.47. The molecule has 0 radical (unpaired) electrons. The van der Waals surface area contributed by atoms with E-state index in [0.29, 0.717) is 13.0 Å². The Morgan fingerprint density at radius 1 is 1.19 bits per heavy atom. The molecule has 1 aromatic heterocycles. The Morgan fingerprint density at radius 2 is 1.96 bits per heavy atom. The number of sulfone groups is 1. The first-order valence-electron chi connectivity index (χ1n) is 9.33. The lowest BCUT2D eigenvalue weighted by atomic mass is 10.1. The van der Waals surface area contributed by atoms with Gasteiger partial charge in [-0.05, 0) is 45.1 Å². The van der Waals surface area contributed by atoms with Crippen molar-refractivity contribution >= 4 is 26.6 Å². The Hall–Kier alpha value is -1.99. The Morgan fingerprint density at radius 3 is 2.67 bits per heavy atom. The highest BCUT2D eigenvalue weighted by Crippen LogP contribution is 2.21. The molecule has 1 unspecified atom stereocenters. The number of carbonyl (C=O) groups is 1. The summed E-state index contributed by atoms with van der Waals surface area (Å²) >= 11 is 0. The second-order valence-corrected chi connectivity index (χ2v) is 9.70. The van der Waals surface area contributed by atoms with E-state index >= 15 is 0 Å². The van der Waals surface area contributed by atoms with E-state index in [1.165, 1.54) is 0 Å². The summed E-state index contributed by atoms with van der Waals surface area (Å²) in [4.78, 5) is 21.4. The number of aromatic nitrogens is 1. The van der Waals surface area contributed by atoms with Crippen LogP contribution < -0.4 is 0 Å². The van der Waals surface area contributed by atoms with Crippen molar-refractivity contribution in [2.45, 2.75) is 25.3 Å². The largest absolute Gasteiger partial charge is 0.338 e. The molecule has 0 N–H and O–H groups in total. The Labute approximate surface area is 161 Å². The number of hydrogen-bond acceptors (Lipinski definition) is 5. The SMILES string of the molecule is CN(C)CCCN(C(=O)Cc1cccc2cccnc12)C1CCS(=O)(=O)C1. The van der Waals surface area contributed by atoms with Crippen molar-refractivity contribution in [3.05, 3.63) is 42.1 Å². The number of rotatable bonds is 7. The van der Waals surface area contributed by atoms with E-state index in [9.17, 15) is 13.2 Å². The molecule has 0 saturated carbocycles. The van der Waals surface area contributed by atoms with Crippen molar-refractivity contribution < 1.29 is 13.2 Å². The zero-order valence-electron chi connectivity index (χ0n) is 16.0. The van der Waals surface area contributed by atoms with Gasteiger partial charge in [0.15, 0.2) is 9.84 Å². The number of hydrogen-bond donors (Lipinski definition) is 0. The molecule has 3 rings (SSSR count). The van der Waals surface area contributed by atoms with Gasteiger partial charge in [0, 0.05) is 24.2 Å². The summed E-state index contributed by atoms with van der Waals surface area (Å²) in [6.45, 7) is 1.44. The smallest absolute Gasteiger partial charge is 0.227 e. The molecular weight excluding hydrogens is 362 g/mol. The molecule has 6 nitrogen and oxygen atoms in total. The number of fused-ring (bicyclic) bond motifs is 1. The molecule has 1 aromatic carbocycles. The van der Waals surface area contributed by atoms with Crippen LogP contribution >= 0.6 is 0 Å². The van der Waals surface area contributed by atoms with Gasteiger partial charge in [-0.3, -0.25) is 9.78 Å². The summed E-state index contributed by atoms with van der Waals surface area (Å²) in [5.41, 5.74) is 1.72. The third-order valence-electron chi connectivity index (χ3n) is 5.03. The molecule has 146 valence electrons. The maximum Gasteiger partial charge on any atom is 0.227 e. The molecule has 1 amide bonds. The van der Waals surface area contributed by atoms with Crippen LogP contribution in [0.4, 0.5) is 0 Å². The third kappa shape index (κ3) is 5.05. The zero-order valence-corrected chi connectivity index (χ0v) is 16.8. The first-order chi connectivity index (χ1) is 12.9. The average Bonchev–Trinajstić information content (AvgIpc) is 2.98. The topological polar surface area (TPSA) is 70.6 Å². The van der Waals surface area contributed by atoms with E-state index in [1.807, 2.05) is 44.4 Å². The molecule has 1 aliphatic heterocycles. The lowest BCUT2D eigenvalue weighted by Gasteiger charge is -2.29. The molecule has 2 heterocycles. The predicted octanol–water partition coefficient (Wildman–Crippen LogP) is 1.74. The molecule has 0 aliphatic carbocycles. The van der Waals surface area contributed by atoms with Gasteiger partial charge in [0.25, 0.3) is 0 Å². The highest BCUT2D eigenvalue weighted by Gasteiger charge is 2.34. The molecule has 27 heavy (non-hydrogen) atoms. The molecule has 1 saturated heterocycles. The van der Waals surface area contributed by atoms with Crippen LogP contribution in [0.5, 0.6) is 0 Å². The molecule has 7 heteroatoms. The Kier molecular flexibility index (Phi) is 6.11. The van der Waals surface area contributed by atoms with E-state index in [-0.39, 0.29) is 29.9 Å². The van der Waals surface area contributed by atoms with E-state index in [1.54, 1.807) is 11.1 Å². The molecule has 1 aliphatic rings. The van der Waals surface area contributed by atoms with Crippen LogP contribution in [-0.4, -0.2) is 73.8 Å². The Bertz CT molecular complexity index is 906. The predicted molar refractivity (Wildman–Crippen MR) is 107 cm³/mol. The number of amides is 1. The van der Waals surface area contributed by atoms with Crippen LogP contribution in [0.15, 0.2) is 36.5 Å². The monoisotopic (exact) mass is 389 g/mol. The minimum atomic E-state index is -3.04. The maximum absolute atomic E-state index is 13.1. The number of carbonyl (C=O) groups excluding carboxylic acids is 1. The van der Waals surface area contributed by atoms with Crippen molar-refractivity contribution in [1.29, 1.82) is 0 Å². The van der Waals surface area contributed by atoms with Gasteiger partial charge >= 0.3 is 0 Å². The highest BCUT2D eigenvalue weighted by molar-refractivity contribution is 7.91. The van der Waals surface area contributed by atoms with Gasteiger partial charge in [0.1, 0.15) is 0 Å². The van der Waals surface area contributed by atoms with Gasteiger partial charge in [-0.1, -0.05) is 24.3 Å². The fourth-order valence-electron chi connectivity index (χ4n) is 3.66. The van der Waals surface area contributed by atoms with Gasteiger partial charge in [-0.15, -0.1) is 0 Å². The number of benzene rings is 1. The molecule has 1 atom stereocenters.